The van der Waals surface area contributed by atoms with Crippen LogP contribution in [0.4, 0.5) is 0 Å². The minimum atomic E-state index is -4.58. The van der Waals surface area contributed by atoms with Crippen molar-refractivity contribution in [3.8, 4) is 0 Å². The van der Waals surface area contributed by atoms with Crippen LogP contribution in [0.5, 0.6) is 0 Å². The van der Waals surface area contributed by atoms with Crippen LogP contribution in [-0.2, 0) is 13.9 Å². The van der Waals surface area contributed by atoms with E-state index < -0.39 is 19.0 Å². The molecule has 0 radical (unpaired) electrons. The molecule has 1 heterocycles. The van der Waals surface area contributed by atoms with Crippen LogP contribution < -0.4 is 0 Å². The third-order valence-corrected chi connectivity index (χ3v) is 5.97. The van der Waals surface area contributed by atoms with Gasteiger partial charge in [-0.1, -0.05) is 33.6 Å². The molecule has 1 amide bonds. The van der Waals surface area contributed by atoms with Crippen molar-refractivity contribution in [2.45, 2.75) is 96.6 Å². The first-order valence-corrected chi connectivity index (χ1v) is 10.7. The lowest BCUT2D eigenvalue weighted by atomic mass is 9.80. The normalized spacial score (nSPS) is 22.2. The first-order valence-electron chi connectivity index (χ1n) is 9.18. The van der Waals surface area contributed by atoms with Gasteiger partial charge in [-0.25, -0.2) is 4.57 Å². The average Bonchev–Trinajstić information content (AvgIpc) is 2.86. The Kier molecular flexibility index (Phi) is 7.92. The number of nitrogens with zero attached hydrogens (tertiary/aromatic N) is 1. The SMILES string of the molecule is CCCCCC(=O)N1CCC[C@@]1(C)CC(CC)(CC)OP(=O)(O)O. The molecule has 1 aliphatic rings. The fraction of sp³-hybridized carbons (Fsp3) is 0.941. The molecule has 0 aromatic carbocycles. The average molecular weight is 363 g/mol. The predicted molar refractivity (Wildman–Crippen MR) is 94.6 cm³/mol. The van der Waals surface area contributed by atoms with Crippen molar-refractivity contribution in [3.05, 3.63) is 0 Å². The Labute approximate surface area is 146 Å². The highest BCUT2D eigenvalue weighted by atomic mass is 31.2. The van der Waals surface area contributed by atoms with Gasteiger partial charge in [0.05, 0.1) is 5.60 Å². The number of phosphoric ester groups is 1. The molecule has 0 bridgehead atoms. The maximum Gasteiger partial charge on any atom is 0.470 e. The number of unbranched alkanes of at least 4 members (excludes halogenated alkanes) is 2. The smallest absolute Gasteiger partial charge is 0.337 e. The summed E-state index contributed by atoms with van der Waals surface area (Å²) >= 11 is 0. The van der Waals surface area contributed by atoms with Gasteiger partial charge in [0, 0.05) is 24.9 Å². The highest BCUT2D eigenvalue weighted by Crippen LogP contribution is 2.49. The van der Waals surface area contributed by atoms with Gasteiger partial charge in [-0.05, 0) is 39.0 Å². The quantitative estimate of drug-likeness (QED) is 0.452. The second-order valence-corrected chi connectivity index (χ2v) is 8.42. The summed E-state index contributed by atoms with van der Waals surface area (Å²) in [6, 6.07) is 0. The standard InChI is InChI=1S/C17H34NO5P/c1-5-8-9-11-15(19)18-13-10-12-16(18,4)14-17(6-2,7-3)23-24(20,21)22/h5-14H2,1-4H3,(H2,20,21,22)/t16-/m0/s1. The molecule has 0 saturated carbocycles. The molecule has 0 unspecified atom stereocenters. The maximum absolute atomic E-state index is 12.6. The lowest BCUT2D eigenvalue weighted by molar-refractivity contribution is -0.137. The Morgan fingerprint density at radius 3 is 2.38 bits per heavy atom. The molecular formula is C17H34NO5P. The number of phosphoric acid groups is 1. The molecule has 1 atom stereocenters. The largest absolute Gasteiger partial charge is 0.470 e. The highest BCUT2D eigenvalue weighted by Gasteiger charge is 2.47. The van der Waals surface area contributed by atoms with E-state index in [1.54, 1.807) is 0 Å². The van der Waals surface area contributed by atoms with Gasteiger partial charge >= 0.3 is 7.82 Å². The lowest BCUT2D eigenvalue weighted by Gasteiger charge is -2.43. The van der Waals surface area contributed by atoms with Gasteiger partial charge in [0.2, 0.25) is 5.91 Å². The van der Waals surface area contributed by atoms with Crippen molar-refractivity contribution in [3.63, 3.8) is 0 Å². The molecule has 1 saturated heterocycles. The molecule has 0 aliphatic carbocycles. The summed E-state index contributed by atoms with van der Waals surface area (Å²) in [5, 5.41) is 0. The van der Waals surface area contributed by atoms with Gasteiger partial charge < -0.3 is 14.7 Å². The summed E-state index contributed by atoms with van der Waals surface area (Å²) in [6.07, 6.45) is 6.80. The Morgan fingerprint density at radius 1 is 1.25 bits per heavy atom. The van der Waals surface area contributed by atoms with Crippen LogP contribution in [0.15, 0.2) is 0 Å². The summed E-state index contributed by atoms with van der Waals surface area (Å²) in [5.74, 6) is 0.153. The van der Waals surface area contributed by atoms with Crippen molar-refractivity contribution in [2.75, 3.05) is 6.54 Å². The van der Waals surface area contributed by atoms with Crippen LogP contribution in [0.25, 0.3) is 0 Å². The summed E-state index contributed by atoms with van der Waals surface area (Å²) in [4.78, 5) is 33.1. The third-order valence-electron chi connectivity index (χ3n) is 5.35. The van der Waals surface area contributed by atoms with Crippen LogP contribution in [0.2, 0.25) is 0 Å². The van der Waals surface area contributed by atoms with Crippen molar-refractivity contribution in [1.29, 1.82) is 0 Å². The highest BCUT2D eigenvalue weighted by molar-refractivity contribution is 7.46. The zero-order valence-corrected chi connectivity index (χ0v) is 16.5. The third kappa shape index (κ3) is 5.83. The minimum absolute atomic E-state index is 0.153. The van der Waals surface area contributed by atoms with E-state index in [0.717, 1.165) is 38.6 Å². The van der Waals surface area contributed by atoms with Crippen molar-refractivity contribution < 1.29 is 23.7 Å². The molecule has 1 rings (SSSR count). The maximum atomic E-state index is 12.6. The van der Waals surface area contributed by atoms with Crippen LogP contribution in [0.3, 0.4) is 0 Å². The number of rotatable bonds is 10. The van der Waals surface area contributed by atoms with Crippen LogP contribution in [-0.4, -0.2) is 38.3 Å². The van der Waals surface area contributed by atoms with E-state index in [9.17, 15) is 19.1 Å². The summed E-state index contributed by atoms with van der Waals surface area (Å²) < 4.78 is 16.6. The first-order chi connectivity index (χ1) is 11.1. The van der Waals surface area contributed by atoms with Gasteiger partial charge in [0.25, 0.3) is 0 Å². The van der Waals surface area contributed by atoms with Gasteiger partial charge in [-0.2, -0.15) is 0 Å². The number of carbonyl (C=O) groups excluding carboxylic acids is 1. The molecular weight excluding hydrogens is 329 g/mol. The molecule has 142 valence electrons. The van der Waals surface area contributed by atoms with E-state index in [0.29, 0.717) is 25.7 Å². The van der Waals surface area contributed by atoms with E-state index in [-0.39, 0.29) is 5.91 Å². The minimum Gasteiger partial charge on any atom is -0.337 e. The van der Waals surface area contributed by atoms with Gasteiger partial charge in [0.1, 0.15) is 0 Å². The van der Waals surface area contributed by atoms with E-state index >= 15 is 0 Å². The van der Waals surface area contributed by atoms with E-state index in [1.807, 2.05) is 25.7 Å². The monoisotopic (exact) mass is 363 g/mol. The molecule has 0 aromatic heterocycles. The second-order valence-electron chi connectivity index (χ2n) is 7.25. The van der Waals surface area contributed by atoms with Crippen molar-refractivity contribution in [2.24, 2.45) is 0 Å². The Bertz CT molecular complexity index is 460. The molecule has 1 aliphatic heterocycles. The van der Waals surface area contributed by atoms with E-state index in [4.69, 9.17) is 4.52 Å². The summed E-state index contributed by atoms with van der Waals surface area (Å²) in [5.41, 5.74) is -1.30. The zero-order chi connectivity index (χ0) is 18.4. The number of hydrogen-bond donors (Lipinski definition) is 2. The van der Waals surface area contributed by atoms with Crippen molar-refractivity contribution in [1.82, 2.24) is 4.90 Å². The van der Waals surface area contributed by atoms with E-state index in [1.165, 1.54) is 0 Å². The number of likely N-dealkylation sites (tertiary alicyclic amines) is 1. The van der Waals surface area contributed by atoms with Crippen LogP contribution in [0, 0.1) is 0 Å². The summed E-state index contributed by atoms with van der Waals surface area (Å²) in [7, 11) is -4.58. The Morgan fingerprint density at radius 2 is 1.88 bits per heavy atom. The number of amides is 1. The molecule has 0 spiro atoms. The van der Waals surface area contributed by atoms with Gasteiger partial charge in [-0.3, -0.25) is 9.32 Å². The number of hydrogen-bond acceptors (Lipinski definition) is 3. The molecule has 24 heavy (non-hydrogen) atoms. The van der Waals surface area contributed by atoms with Gasteiger partial charge in [-0.15, -0.1) is 0 Å². The van der Waals surface area contributed by atoms with Gasteiger partial charge in [0.15, 0.2) is 0 Å². The first kappa shape index (κ1) is 21.6. The summed E-state index contributed by atoms with van der Waals surface area (Å²) in [6.45, 7) is 8.62. The van der Waals surface area contributed by atoms with E-state index in [2.05, 4.69) is 6.92 Å². The fourth-order valence-electron chi connectivity index (χ4n) is 3.90. The number of carbonyl (C=O) groups is 1. The molecule has 0 aromatic rings. The Hall–Kier alpha value is -0.420. The molecule has 6 nitrogen and oxygen atoms in total. The fourth-order valence-corrected chi connectivity index (χ4v) is 4.73. The molecule has 1 fully saturated rings. The Balaban J connectivity index is 2.90. The zero-order valence-electron chi connectivity index (χ0n) is 15.6. The van der Waals surface area contributed by atoms with Crippen LogP contribution >= 0.6 is 7.82 Å². The second kappa shape index (κ2) is 8.79. The van der Waals surface area contributed by atoms with Crippen LogP contribution in [0.1, 0.15) is 85.5 Å². The topological polar surface area (TPSA) is 87.1 Å². The lowest BCUT2D eigenvalue weighted by Crippen LogP contribution is -2.50. The van der Waals surface area contributed by atoms with Crippen molar-refractivity contribution >= 4 is 13.7 Å². The molecule has 7 heteroatoms. The molecule has 2 N–H and O–H groups in total. The predicted octanol–water partition coefficient (Wildman–Crippen LogP) is 4.01.